The minimum Gasteiger partial charge on any atom is -0.397 e. The maximum Gasteiger partial charge on any atom is 0.144 e. The average Bonchev–Trinajstić information content (AvgIpc) is 2.41. The van der Waals surface area contributed by atoms with E-state index < -0.39 is 0 Å². The van der Waals surface area contributed by atoms with E-state index in [2.05, 4.69) is 16.4 Å². The van der Waals surface area contributed by atoms with E-state index in [1.54, 1.807) is 12.3 Å². The Hall–Kier alpha value is -1.76. The van der Waals surface area contributed by atoms with Gasteiger partial charge in [-0.2, -0.15) is 5.26 Å². The molecule has 1 aliphatic carbocycles. The lowest BCUT2D eigenvalue weighted by Crippen LogP contribution is -2.13. The highest BCUT2D eigenvalue weighted by atomic mass is 15.0. The molecule has 0 radical (unpaired) electrons. The molecule has 0 saturated heterocycles. The van der Waals surface area contributed by atoms with Crippen molar-refractivity contribution in [2.24, 2.45) is 5.92 Å². The molecular formula is C14H20N4. The minimum absolute atomic E-state index is 0.527. The normalized spacial score (nSPS) is 16.2. The fraction of sp³-hybridized carbons (Fsp3) is 0.571. The summed E-state index contributed by atoms with van der Waals surface area (Å²) in [6, 6.07) is 3.78. The van der Waals surface area contributed by atoms with E-state index in [9.17, 15) is 0 Å². The van der Waals surface area contributed by atoms with Crippen molar-refractivity contribution < 1.29 is 0 Å². The zero-order valence-corrected chi connectivity index (χ0v) is 10.7. The highest BCUT2D eigenvalue weighted by Gasteiger charge is 2.13. The van der Waals surface area contributed by atoms with Gasteiger partial charge in [-0.05, 0) is 18.4 Å². The van der Waals surface area contributed by atoms with E-state index in [1.807, 2.05) is 0 Å². The van der Waals surface area contributed by atoms with Crippen LogP contribution in [0.5, 0.6) is 0 Å². The third kappa shape index (κ3) is 3.36. The average molecular weight is 244 g/mol. The molecule has 96 valence electrons. The van der Waals surface area contributed by atoms with E-state index >= 15 is 0 Å². The molecule has 0 aliphatic heterocycles. The number of nitrogens with zero attached hydrogens (tertiary/aromatic N) is 2. The standard InChI is InChI=1S/C14H20N4/c15-9-12-8-13(16)10-18-14(12)17-7-6-11-4-2-1-3-5-11/h8,10-11H,1-7,16H2,(H,17,18). The largest absolute Gasteiger partial charge is 0.397 e. The van der Waals surface area contributed by atoms with Crippen LogP contribution in [0.4, 0.5) is 11.5 Å². The van der Waals surface area contributed by atoms with Crippen LogP contribution in [0.15, 0.2) is 12.3 Å². The van der Waals surface area contributed by atoms with Crippen LogP contribution in [0, 0.1) is 17.2 Å². The van der Waals surface area contributed by atoms with E-state index in [4.69, 9.17) is 11.0 Å². The Bertz CT molecular complexity index is 430. The van der Waals surface area contributed by atoms with Crippen LogP contribution in [-0.2, 0) is 0 Å². The summed E-state index contributed by atoms with van der Waals surface area (Å²) in [5, 5.41) is 12.3. The highest BCUT2D eigenvalue weighted by Crippen LogP contribution is 2.26. The predicted octanol–water partition coefficient (Wildman–Crippen LogP) is 2.92. The molecule has 4 nitrogen and oxygen atoms in total. The summed E-state index contributed by atoms with van der Waals surface area (Å²) >= 11 is 0. The SMILES string of the molecule is N#Cc1cc(N)cnc1NCCC1CCCCC1. The van der Waals surface area contributed by atoms with Gasteiger partial charge >= 0.3 is 0 Å². The van der Waals surface area contributed by atoms with Gasteiger partial charge in [-0.1, -0.05) is 32.1 Å². The van der Waals surface area contributed by atoms with Gasteiger partial charge < -0.3 is 11.1 Å². The quantitative estimate of drug-likeness (QED) is 0.854. The number of anilines is 2. The summed E-state index contributed by atoms with van der Waals surface area (Å²) in [6.07, 6.45) is 9.58. The van der Waals surface area contributed by atoms with Gasteiger partial charge in [0.1, 0.15) is 11.9 Å². The van der Waals surface area contributed by atoms with Crippen LogP contribution >= 0.6 is 0 Å². The molecule has 3 N–H and O–H groups in total. The summed E-state index contributed by atoms with van der Waals surface area (Å²) < 4.78 is 0. The van der Waals surface area contributed by atoms with Crippen molar-refractivity contribution in [1.82, 2.24) is 4.98 Å². The number of nitrogen functional groups attached to an aromatic ring is 1. The molecule has 1 heterocycles. The number of aromatic nitrogens is 1. The van der Waals surface area contributed by atoms with Gasteiger partial charge in [-0.25, -0.2) is 4.98 Å². The second-order valence-corrected chi connectivity index (χ2v) is 5.00. The van der Waals surface area contributed by atoms with Gasteiger partial charge in [0.05, 0.1) is 17.4 Å². The maximum absolute atomic E-state index is 9.01. The molecule has 18 heavy (non-hydrogen) atoms. The van der Waals surface area contributed by atoms with Crippen molar-refractivity contribution in [2.75, 3.05) is 17.6 Å². The van der Waals surface area contributed by atoms with Crippen molar-refractivity contribution in [1.29, 1.82) is 5.26 Å². The Morgan fingerprint density at radius 2 is 2.17 bits per heavy atom. The molecule has 1 aromatic rings. The molecule has 1 fully saturated rings. The Balaban J connectivity index is 1.84. The van der Waals surface area contributed by atoms with Crippen molar-refractivity contribution in [3.05, 3.63) is 17.8 Å². The second kappa shape index (κ2) is 6.25. The lowest BCUT2D eigenvalue weighted by Gasteiger charge is -2.21. The monoisotopic (exact) mass is 244 g/mol. The van der Waals surface area contributed by atoms with Gasteiger partial charge in [0, 0.05) is 6.54 Å². The van der Waals surface area contributed by atoms with Crippen LogP contribution in [-0.4, -0.2) is 11.5 Å². The number of rotatable bonds is 4. The van der Waals surface area contributed by atoms with Crippen LogP contribution in [0.1, 0.15) is 44.1 Å². The number of hydrogen-bond acceptors (Lipinski definition) is 4. The first-order chi connectivity index (χ1) is 8.79. The molecule has 1 aliphatic rings. The van der Waals surface area contributed by atoms with Gasteiger partial charge in [0.2, 0.25) is 0 Å². The Labute approximate surface area is 108 Å². The van der Waals surface area contributed by atoms with Crippen molar-refractivity contribution in [3.63, 3.8) is 0 Å². The van der Waals surface area contributed by atoms with Crippen LogP contribution in [0.2, 0.25) is 0 Å². The van der Waals surface area contributed by atoms with Crippen molar-refractivity contribution in [2.45, 2.75) is 38.5 Å². The van der Waals surface area contributed by atoms with Crippen LogP contribution in [0.25, 0.3) is 0 Å². The Kier molecular flexibility index (Phi) is 4.40. The summed E-state index contributed by atoms with van der Waals surface area (Å²) in [7, 11) is 0. The van der Waals surface area contributed by atoms with E-state index in [-0.39, 0.29) is 0 Å². The zero-order chi connectivity index (χ0) is 12.8. The lowest BCUT2D eigenvalue weighted by molar-refractivity contribution is 0.345. The summed E-state index contributed by atoms with van der Waals surface area (Å²) in [6.45, 7) is 0.885. The summed E-state index contributed by atoms with van der Waals surface area (Å²) in [4.78, 5) is 4.17. The molecule has 0 spiro atoms. The molecular weight excluding hydrogens is 224 g/mol. The van der Waals surface area contributed by atoms with Gasteiger partial charge in [0.25, 0.3) is 0 Å². The first-order valence-electron chi connectivity index (χ1n) is 6.69. The maximum atomic E-state index is 9.01. The Morgan fingerprint density at radius 3 is 2.89 bits per heavy atom. The fourth-order valence-electron chi connectivity index (χ4n) is 2.58. The minimum atomic E-state index is 0.527. The first-order valence-corrected chi connectivity index (χ1v) is 6.69. The number of nitrogens with two attached hydrogens (primary N) is 1. The molecule has 0 amide bonds. The molecule has 0 atom stereocenters. The molecule has 1 saturated carbocycles. The molecule has 0 aromatic carbocycles. The van der Waals surface area contributed by atoms with E-state index in [1.165, 1.54) is 32.1 Å². The molecule has 0 bridgehead atoms. The molecule has 0 unspecified atom stereocenters. The molecule has 1 aromatic heterocycles. The zero-order valence-electron chi connectivity index (χ0n) is 10.7. The number of hydrogen-bond donors (Lipinski definition) is 2. The third-order valence-electron chi connectivity index (χ3n) is 3.60. The van der Waals surface area contributed by atoms with Crippen LogP contribution < -0.4 is 11.1 Å². The fourth-order valence-corrected chi connectivity index (χ4v) is 2.58. The van der Waals surface area contributed by atoms with Gasteiger partial charge in [-0.15, -0.1) is 0 Å². The van der Waals surface area contributed by atoms with E-state index in [0.717, 1.165) is 18.9 Å². The molecule has 2 rings (SSSR count). The van der Waals surface area contributed by atoms with Gasteiger partial charge in [-0.3, -0.25) is 0 Å². The molecule has 4 heteroatoms. The first kappa shape index (κ1) is 12.7. The predicted molar refractivity (Wildman–Crippen MR) is 73.0 cm³/mol. The van der Waals surface area contributed by atoms with Crippen molar-refractivity contribution >= 4 is 11.5 Å². The Morgan fingerprint density at radius 1 is 1.39 bits per heavy atom. The topological polar surface area (TPSA) is 74.7 Å². The second-order valence-electron chi connectivity index (χ2n) is 5.00. The number of pyridine rings is 1. The van der Waals surface area contributed by atoms with Crippen LogP contribution in [0.3, 0.4) is 0 Å². The lowest BCUT2D eigenvalue weighted by atomic mass is 9.87. The van der Waals surface area contributed by atoms with E-state index in [0.29, 0.717) is 17.1 Å². The summed E-state index contributed by atoms with van der Waals surface area (Å²) in [5.41, 5.74) is 6.67. The van der Waals surface area contributed by atoms with Crippen molar-refractivity contribution in [3.8, 4) is 6.07 Å². The highest BCUT2D eigenvalue weighted by molar-refractivity contribution is 5.57. The summed E-state index contributed by atoms with van der Waals surface area (Å²) in [5.74, 6) is 1.49. The number of nitrogens with one attached hydrogen (secondary N) is 1. The smallest absolute Gasteiger partial charge is 0.144 e. The van der Waals surface area contributed by atoms with Gasteiger partial charge in [0.15, 0.2) is 0 Å². The third-order valence-corrected chi connectivity index (χ3v) is 3.60. The number of nitriles is 1.